The summed E-state index contributed by atoms with van der Waals surface area (Å²) in [5, 5.41) is 0. The van der Waals surface area contributed by atoms with Crippen LogP contribution in [0.3, 0.4) is 0 Å². The van der Waals surface area contributed by atoms with Crippen LogP contribution < -0.4 is 0 Å². The van der Waals surface area contributed by atoms with Crippen LogP contribution in [0, 0.1) is 0 Å². The molecule has 0 atom stereocenters. The molecule has 0 N–H and O–H groups in total. The summed E-state index contributed by atoms with van der Waals surface area (Å²) in [5.74, 6) is 2.49. The Hall–Kier alpha value is -0.0600. The highest BCUT2D eigenvalue weighted by Gasteiger charge is 2.13. The topological polar surface area (TPSA) is 29.5 Å². The van der Waals surface area contributed by atoms with E-state index in [4.69, 9.17) is 4.74 Å². The second kappa shape index (κ2) is 5.56. The zero-order valence-corrected chi connectivity index (χ0v) is 8.23. The zero-order chi connectivity index (χ0) is 8.81. The average Bonchev–Trinajstić information content (AvgIpc) is 2.06. The maximum Gasteiger partial charge on any atom is 0.172 e. The Morgan fingerprint density at radius 2 is 2.17 bits per heavy atom. The van der Waals surface area contributed by atoms with Gasteiger partial charge in [-0.2, -0.15) is 11.8 Å². The van der Waals surface area contributed by atoms with E-state index in [9.17, 15) is 4.79 Å². The monoisotopic (exact) mass is 189 g/mol. The third-order valence-corrected chi connectivity index (χ3v) is 2.75. The molecular formula is C8H15NO2S. The van der Waals surface area contributed by atoms with Gasteiger partial charge in [0.1, 0.15) is 6.61 Å². The molecule has 3 nitrogen and oxygen atoms in total. The fraction of sp³-hybridized carbons (Fsp3) is 0.875. The van der Waals surface area contributed by atoms with Gasteiger partial charge in [0.05, 0.1) is 6.54 Å². The van der Waals surface area contributed by atoms with Crippen LogP contribution in [0.2, 0.25) is 0 Å². The van der Waals surface area contributed by atoms with E-state index in [0.29, 0.717) is 6.54 Å². The van der Waals surface area contributed by atoms with E-state index in [-0.39, 0.29) is 12.4 Å². The van der Waals surface area contributed by atoms with Crippen LogP contribution in [-0.2, 0) is 9.53 Å². The first-order valence-electron chi connectivity index (χ1n) is 4.13. The fourth-order valence-electron chi connectivity index (χ4n) is 1.22. The predicted octanol–water partition coefficient (Wildman–Crippen LogP) is 0.251. The zero-order valence-electron chi connectivity index (χ0n) is 7.41. The summed E-state index contributed by atoms with van der Waals surface area (Å²) < 4.78 is 4.76. The normalized spacial score (nSPS) is 19.4. The van der Waals surface area contributed by atoms with Crippen molar-refractivity contribution in [1.82, 2.24) is 4.90 Å². The molecule has 0 spiro atoms. The van der Waals surface area contributed by atoms with Gasteiger partial charge >= 0.3 is 0 Å². The molecule has 1 saturated heterocycles. The Morgan fingerprint density at radius 1 is 1.50 bits per heavy atom. The van der Waals surface area contributed by atoms with Gasteiger partial charge in [0.2, 0.25) is 0 Å². The number of carbonyl (C=O) groups excluding carboxylic acids is 1. The van der Waals surface area contributed by atoms with Gasteiger partial charge < -0.3 is 4.74 Å². The highest BCUT2D eigenvalue weighted by Crippen LogP contribution is 2.08. The van der Waals surface area contributed by atoms with Gasteiger partial charge in [0.25, 0.3) is 0 Å². The summed E-state index contributed by atoms with van der Waals surface area (Å²) in [6, 6.07) is 0. The number of hydrogen-bond acceptors (Lipinski definition) is 4. The van der Waals surface area contributed by atoms with E-state index in [2.05, 4.69) is 4.90 Å². The van der Waals surface area contributed by atoms with Crippen molar-refractivity contribution in [1.29, 1.82) is 0 Å². The van der Waals surface area contributed by atoms with Gasteiger partial charge in [-0.1, -0.05) is 0 Å². The van der Waals surface area contributed by atoms with Crippen molar-refractivity contribution < 1.29 is 9.53 Å². The molecule has 4 heteroatoms. The SMILES string of the molecule is COCC(=O)CN1CCSCC1. The molecular weight excluding hydrogens is 174 g/mol. The van der Waals surface area contributed by atoms with Crippen molar-refractivity contribution in [3.05, 3.63) is 0 Å². The Morgan fingerprint density at radius 3 is 2.75 bits per heavy atom. The molecule has 0 unspecified atom stereocenters. The number of hydrogen-bond donors (Lipinski definition) is 0. The molecule has 1 aliphatic heterocycles. The highest BCUT2D eigenvalue weighted by molar-refractivity contribution is 7.99. The lowest BCUT2D eigenvalue weighted by Crippen LogP contribution is -2.37. The standard InChI is InChI=1S/C8H15NO2S/c1-11-7-8(10)6-9-2-4-12-5-3-9/h2-7H2,1H3. The molecule has 1 aliphatic rings. The fourth-order valence-corrected chi connectivity index (χ4v) is 2.19. The van der Waals surface area contributed by atoms with Gasteiger partial charge in [0.15, 0.2) is 5.78 Å². The van der Waals surface area contributed by atoms with E-state index in [0.717, 1.165) is 24.6 Å². The molecule has 1 fully saturated rings. The number of ether oxygens (including phenoxy) is 1. The second-order valence-corrected chi connectivity index (χ2v) is 4.08. The van der Waals surface area contributed by atoms with Crippen LogP contribution in [0.1, 0.15) is 0 Å². The number of Topliss-reactive ketones (excluding diaryl/α,β-unsaturated/α-hetero) is 1. The molecule has 0 aromatic heterocycles. The lowest BCUT2D eigenvalue weighted by molar-refractivity contribution is -0.123. The number of carbonyl (C=O) groups is 1. The number of methoxy groups -OCH3 is 1. The number of nitrogens with zero attached hydrogens (tertiary/aromatic N) is 1. The molecule has 1 heterocycles. The van der Waals surface area contributed by atoms with Crippen LogP contribution in [0.15, 0.2) is 0 Å². The Labute approximate surface area is 77.4 Å². The molecule has 0 aromatic carbocycles. The molecule has 1 rings (SSSR count). The van der Waals surface area contributed by atoms with Gasteiger partial charge in [-0.05, 0) is 0 Å². The Balaban J connectivity index is 2.15. The lowest BCUT2D eigenvalue weighted by atomic mass is 10.3. The van der Waals surface area contributed by atoms with Crippen molar-refractivity contribution in [2.45, 2.75) is 0 Å². The van der Waals surface area contributed by atoms with Crippen LogP contribution in [-0.4, -0.2) is 55.5 Å². The van der Waals surface area contributed by atoms with Gasteiger partial charge in [-0.3, -0.25) is 9.69 Å². The summed E-state index contributed by atoms with van der Waals surface area (Å²) in [6.45, 7) is 2.90. The van der Waals surface area contributed by atoms with E-state index in [1.54, 1.807) is 7.11 Å². The molecule has 12 heavy (non-hydrogen) atoms. The van der Waals surface area contributed by atoms with E-state index >= 15 is 0 Å². The van der Waals surface area contributed by atoms with Crippen molar-refractivity contribution in [2.24, 2.45) is 0 Å². The summed E-state index contributed by atoms with van der Waals surface area (Å²) in [4.78, 5) is 13.3. The average molecular weight is 189 g/mol. The minimum Gasteiger partial charge on any atom is -0.377 e. The van der Waals surface area contributed by atoms with Crippen LogP contribution >= 0.6 is 11.8 Å². The minimum atomic E-state index is 0.185. The van der Waals surface area contributed by atoms with E-state index < -0.39 is 0 Å². The molecule has 70 valence electrons. The first-order valence-corrected chi connectivity index (χ1v) is 5.29. The Kier molecular flexibility index (Phi) is 4.65. The number of thioether (sulfide) groups is 1. The van der Waals surface area contributed by atoms with Gasteiger partial charge in [0, 0.05) is 31.7 Å². The van der Waals surface area contributed by atoms with Crippen LogP contribution in [0.4, 0.5) is 0 Å². The molecule has 0 bridgehead atoms. The van der Waals surface area contributed by atoms with E-state index in [1.165, 1.54) is 0 Å². The smallest absolute Gasteiger partial charge is 0.172 e. The third-order valence-electron chi connectivity index (χ3n) is 1.81. The van der Waals surface area contributed by atoms with Gasteiger partial charge in [-0.25, -0.2) is 0 Å². The number of ketones is 1. The maximum atomic E-state index is 11.1. The lowest BCUT2D eigenvalue weighted by Gasteiger charge is -2.24. The minimum absolute atomic E-state index is 0.185. The molecule has 0 radical (unpaired) electrons. The molecule has 0 aliphatic carbocycles. The predicted molar refractivity (Wildman–Crippen MR) is 50.6 cm³/mol. The highest BCUT2D eigenvalue weighted by atomic mass is 32.2. The maximum absolute atomic E-state index is 11.1. The summed E-state index contributed by atoms with van der Waals surface area (Å²) in [7, 11) is 1.56. The largest absolute Gasteiger partial charge is 0.377 e. The summed E-state index contributed by atoms with van der Waals surface area (Å²) in [5.41, 5.74) is 0. The number of rotatable bonds is 4. The third kappa shape index (κ3) is 3.56. The van der Waals surface area contributed by atoms with Crippen molar-refractivity contribution >= 4 is 17.5 Å². The van der Waals surface area contributed by atoms with Crippen LogP contribution in [0.25, 0.3) is 0 Å². The molecule has 0 saturated carbocycles. The Bertz CT molecular complexity index is 146. The van der Waals surface area contributed by atoms with Gasteiger partial charge in [-0.15, -0.1) is 0 Å². The quantitative estimate of drug-likeness (QED) is 0.634. The first-order chi connectivity index (χ1) is 5.83. The van der Waals surface area contributed by atoms with Crippen molar-refractivity contribution in [3.8, 4) is 0 Å². The van der Waals surface area contributed by atoms with Crippen molar-refractivity contribution in [3.63, 3.8) is 0 Å². The summed E-state index contributed by atoms with van der Waals surface area (Å²) >= 11 is 1.95. The second-order valence-electron chi connectivity index (χ2n) is 2.86. The van der Waals surface area contributed by atoms with Crippen molar-refractivity contribution in [2.75, 3.05) is 44.9 Å². The first kappa shape index (κ1) is 10.0. The summed E-state index contributed by atoms with van der Waals surface area (Å²) in [6.07, 6.45) is 0. The molecule has 0 amide bonds. The van der Waals surface area contributed by atoms with E-state index in [1.807, 2.05) is 11.8 Å². The molecule has 0 aromatic rings. The van der Waals surface area contributed by atoms with Crippen LogP contribution in [0.5, 0.6) is 0 Å².